The van der Waals surface area contributed by atoms with E-state index in [9.17, 15) is 4.79 Å². The summed E-state index contributed by atoms with van der Waals surface area (Å²) in [4.78, 5) is 16.7. The minimum Gasteiger partial charge on any atom is -0.351 e. The van der Waals surface area contributed by atoms with Crippen LogP contribution in [0.1, 0.15) is 28.9 Å². The van der Waals surface area contributed by atoms with Gasteiger partial charge in [-0.25, -0.2) is 4.98 Å². The Hall–Kier alpha value is -0.360. The number of hydrogen-bond donors (Lipinski definition) is 2. The zero-order valence-corrected chi connectivity index (χ0v) is 12.6. The number of rotatable bonds is 4. The zero-order chi connectivity index (χ0) is 11.4. The molecule has 7 heteroatoms. The number of thiazole rings is 1. The molecule has 1 atom stereocenters. The Bertz CT molecular complexity index is 355. The van der Waals surface area contributed by atoms with Gasteiger partial charge in [0.2, 0.25) is 5.91 Å². The first kappa shape index (κ1) is 19.0. The van der Waals surface area contributed by atoms with E-state index in [2.05, 4.69) is 10.3 Å². The van der Waals surface area contributed by atoms with E-state index >= 15 is 0 Å². The number of aromatic nitrogens is 1. The zero-order valence-electron chi connectivity index (χ0n) is 10.1. The van der Waals surface area contributed by atoms with E-state index < -0.39 is 0 Å². The standard InChI is InChI=1S/C10H17N3OS.2ClH/c1-6(11)4-10(14)12-5-9-7(2)13-8(3)15-9;;/h6H,4-5,11H2,1-3H3,(H,12,14);2*1H. The molecule has 0 fully saturated rings. The molecule has 0 bridgehead atoms. The number of nitrogens with two attached hydrogens (primary N) is 1. The van der Waals surface area contributed by atoms with E-state index in [-0.39, 0.29) is 36.8 Å². The van der Waals surface area contributed by atoms with Crippen LogP contribution in [0.5, 0.6) is 0 Å². The van der Waals surface area contributed by atoms with Crippen LogP contribution in [0, 0.1) is 13.8 Å². The average Bonchev–Trinajstić information content (AvgIpc) is 2.40. The van der Waals surface area contributed by atoms with Gasteiger partial charge >= 0.3 is 0 Å². The summed E-state index contributed by atoms with van der Waals surface area (Å²) < 4.78 is 0. The molecule has 17 heavy (non-hydrogen) atoms. The Labute approximate surface area is 118 Å². The van der Waals surface area contributed by atoms with E-state index in [0.717, 1.165) is 15.6 Å². The summed E-state index contributed by atoms with van der Waals surface area (Å²) in [5, 5.41) is 3.87. The molecule has 0 aliphatic carbocycles. The van der Waals surface area contributed by atoms with Crippen molar-refractivity contribution in [3.05, 3.63) is 15.6 Å². The Morgan fingerprint density at radius 2 is 2.06 bits per heavy atom. The number of hydrogen-bond acceptors (Lipinski definition) is 4. The Balaban J connectivity index is 0. The van der Waals surface area contributed by atoms with Crippen LogP contribution in [-0.4, -0.2) is 16.9 Å². The molecule has 0 radical (unpaired) electrons. The van der Waals surface area contributed by atoms with Crippen LogP contribution in [0.15, 0.2) is 0 Å². The van der Waals surface area contributed by atoms with E-state index in [4.69, 9.17) is 5.73 Å². The Morgan fingerprint density at radius 1 is 1.47 bits per heavy atom. The summed E-state index contributed by atoms with van der Waals surface area (Å²) in [6.45, 7) is 6.30. The van der Waals surface area contributed by atoms with Crippen LogP contribution in [0.2, 0.25) is 0 Å². The van der Waals surface area contributed by atoms with Gasteiger partial charge in [0, 0.05) is 17.3 Å². The van der Waals surface area contributed by atoms with Crippen molar-refractivity contribution in [3.63, 3.8) is 0 Å². The molecule has 0 saturated heterocycles. The highest BCUT2D eigenvalue weighted by Gasteiger charge is 2.08. The third-order valence-electron chi connectivity index (χ3n) is 1.95. The lowest BCUT2D eigenvalue weighted by molar-refractivity contribution is -0.121. The second kappa shape index (κ2) is 8.69. The van der Waals surface area contributed by atoms with Gasteiger partial charge in [0.05, 0.1) is 17.2 Å². The highest BCUT2D eigenvalue weighted by molar-refractivity contribution is 7.11. The van der Waals surface area contributed by atoms with Crippen molar-refractivity contribution in [3.8, 4) is 0 Å². The van der Waals surface area contributed by atoms with Crippen molar-refractivity contribution >= 4 is 42.1 Å². The van der Waals surface area contributed by atoms with E-state index in [1.54, 1.807) is 11.3 Å². The first-order valence-corrected chi connectivity index (χ1v) is 5.76. The lowest BCUT2D eigenvalue weighted by atomic mass is 10.2. The molecular formula is C10H19Cl2N3OS. The fourth-order valence-corrected chi connectivity index (χ4v) is 2.16. The van der Waals surface area contributed by atoms with E-state index in [1.807, 2.05) is 20.8 Å². The maximum atomic E-state index is 11.3. The van der Waals surface area contributed by atoms with E-state index in [1.165, 1.54) is 0 Å². The Morgan fingerprint density at radius 3 is 2.47 bits per heavy atom. The normalized spacial score (nSPS) is 11.1. The maximum absolute atomic E-state index is 11.3. The molecule has 1 unspecified atom stereocenters. The third kappa shape index (κ3) is 6.83. The van der Waals surface area contributed by atoms with Crippen LogP contribution in [0.3, 0.4) is 0 Å². The summed E-state index contributed by atoms with van der Waals surface area (Å²) in [7, 11) is 0. The molecule has 0 saturated carbocycles. The molecular weight excluding hydrogens is 281 g/mol. The first-order valence-electron chi connectivity index (χ1n) is 4.94. The SMILES string of the molecule is Cc1nc(C)c(CNC(=O)CC(C)N)s1.Cl.Cl. The smallest absolute Gasteiger partial charge is 0.221 e. The first-order chi connectivity index (χ1) is 6.99. The van der Waals surface area contributed by atoms with Crippen molar-refractivity contribution in [2.45, 2.75) is 39.8 Å². The summed E-state index contributed by atoms with van der Waals surface area (Å²) in [6.07, 6.45) is 0.372. The van der Waals surface area contributed by atoms with Crippen molar-refractivity contribution in [1.82, 2.24) is 10.3 Å². The molecule has 1 amide bonds. The van der Waals surface area contributed by atoms with Crippen molar-refractivity contribution in [2.75, 3.05) is 0 Å². The highest BCUT2D eigenvalue weighted by atomic mass is 35.5. The number of amides is 1. The van der Waals surface area contributed by atoms with Gasteiger partial charge in [0.1, 0.15) is 0 Å². The minimum absolute atomic E-state index is 0. The summed E-state index contributed by atoms with van der Waals surface area (Å²) >= 11 is 1.62. The van der Waals surface area contributed by atoms with Gasteiger partial charge in [-0.3, -0.25) is 4.79 Å². The van der Waals surface area contributed by atoms with Crippen LogP contribution < -0.4 is 11.1 Å². The molecule has 1 rings (SSSR count). The Kier molecular flexibility index (Phi) is 9.71. The lowest BCUT2D eigenvalue weighted by Crippen LogP contribution is -2.29. The number of carbonyl (C=O) groups excluding carboxylic acids is 1. The second-order valence-electron chi connectivity index (χ2n) is 3.70. The number of nitrogens with zero attached hydrogens (tertiary/aromatic N) is 1. The molecule has 1 aromatic rings. The van der Waals surface area contributed by atoms with Crippen LogP contribution >= 0.6 is 36.2 Å². The topological polar surface area (TPSA) is 68.0 Å². The largest absolute Gasteiger partial charge is 0.351 e. The molecule has 4 nitrogen and oxygen atoms in total. The quantitative estimate of drug-likeness (QED) is 0.893. The van der Waals surface area contributed by atoms with E-state index in [0.29, 0.717) is 13.0 Å². The van der Waals surface area contributed by atoms with Gasteiger partial charge in [-0.05, 0) is 20.8 Å². The van der Waals surface area contributed by atoms with Gasteiger partial charge in [-0.2, -0.15) is 0 Å². The second-order valence-corrected chi connectivity index (χ2v) is 4.99. The molecule has 1 heterocycles. The number of nitrogens with one attached hydrogen (secondary N) is 1. The average molecular weight is 300 g/mol. The van der Waals surface area contributed by atoms with Gasteiger partial charge in [0.25, 0.3) is 0 Å². The fourth-order valence-electron chi connectivity index (χ4n) is 1.28. The number of carbonyl (C=O) groups is 1. The predicted molar refractivity (Wildman–Crippen MR) is 76.2 cm³/mol. The van der Waals surface area contributed by atoms with Crippen LogP contribution in [-0.2, 0) is 11.3 Å². The van der Waals surface area contributed by atoms with Crippen LogP contribution in [0.4, 0.5) is 0 Å². The minimum atomic E-state index is -0.0886. The van der Waals surface area contributed by atoms with Gasteiger partial charge in [-0.15, -0.1) is 36.2 Å². The highest BCUT2D eigenvalue weighted by Crippen LogP contribution is 2.16. The van der Waals surface area contributed by atoms with Crippen molar-refractivity contribution in [1.29, 1.82) is 0 Å². The molecule has 100 valence electrons. The molecule has 0 spiro atoms. The third-order valence-corrected chi connectivity index (χ3v) is 3.03. The van der Waals surface area contributed by atoms with Gasteiger partial charge < -0.3 is 11.1 Å². The number of halogens is 2. The molecule has 0 aliphatic rings. The lowest BCUT2D eigenvalue weighted by Gasteiger charge is -2.06. The van der Waals surface area contributed by atoms with Gasteiger partial charge in [0.15, 0.2) is 0 Å². The summed E-state index contributed by atoms with van der Waals surface area (Å²) in [5.74, 6) is -0.00421. The number of aryl methyl sites for hydroxylation is 2. The van der Waals surface area contributed by atoms with Crippen molar-refractivity contribution in [2.24, 2.45) is 5.73 Å². The summed E-state index contributed by atoms with van der Waals surface area (Å²) in [6, 6.07) is -0.0886. The molecule has 0 aliphatic heterocycles. The van der Waals surface area contributed by atoms with Crippen molar-refractivity contribution < 1.29 is 4.79 Å². The van der Waals surface area contributed by atoms with Crippen LogP contribution in [0.25, 0.3) is 0 Å². The molecule has 0 aromatic carbocycles. The summed E-state index contributed by atoms with van der Waals surface area (Å²) in [5.41, 5.74) is 6.52. The molecule has 1 aromatic heterocycles. The molecule has 3 N–H and O–H groups in total. The predicted octanol–water partition coefficient (Wildman–Crippen LogP) is 1.96. The fraction of sp³-hybridized carbons (Fsp3) is 0.600. The monoisotopic (exact) mass is 299 g/mol. The maximum Gasteiger partial charge on any atom is 0.221 e. The van der Waals surface area contributed by atoms with Gasteiger partial charge in [-0.1, -0.05) is 0 Å².